The molecule has 0 radical (unpaired) electrons. The van der Waals surface area contributed by atoms with Crippen molar-refractivity contribution in [3.05, 3.63) is 23.9 Å². The number of anilines is 1. The van der Waals surface area contributed by atoms with E-state index in [0.29, 0.717) is 17.8 Å². The maximum absolute atomic E-state index is 10.8. The number of aliphatic hydroxyl groups excluding tert-OH is 2. The number of nitrogens with one attached hydrogen (secondary N) is 1. The van der Waals surface area contributed by atoms with Gasteiger partial charge in [-0.3, -0.25) is 4.79 Å². The number of amides is 1. The van der Waals surface area contributed by atoms with E-state index in [9.17, 15) is 15.0 Å². The largest absolute Gasteiger partial charge is 0.394 e. The maximum atomic E-state index is 10.8. The summed E-state index contributed by atoms with van der Waals surface area (Å²) in [6.45, 7) is 1.43. The number of pyridine rings is 1. The first-order chi connectivity index (χ1) is 8.06. The Labute approximate surface area is 99.5 Å². The van der Waals surface area contributed by atoms with Gasteiger partial charge in [0.15, 0.2) is 0 Å². The molecule has 0 aromatic carbocycles. The molecule has 1 rings (SSSR count). The van der Waals surface area contributed by atoms with Crippen LogP contribution in [0.1, 0.15) is 23.7 Å². The minimum Gasteiger partial charge on any atom is -0.394 e. The zero-order valence-electron chi connectivity index (χ0n) is 9.68. The van der Waals surface area contributed by atoms with Crippen LogP contribution in [0.15, 0.2) is 18.3 Å². The molecule has 0 atom stereocenters. The van der Waals surface area contributed by atoms with Gasteiger partial charge in [0.05, 0.1) is 24.3 Å². The number of rotatable bonds is 6. The van der Waals surface area contributed by atoms with Crippen LogP contribution < -0.4 is 11.1 Å². The summed E-state index contributed by atoms with van der Waals surface area (Å²) in [5.41, 5.74) is 4.60. The Kier molecular flexibility index (Phi) is 4.42. The lowest BCUT2D eigenvalue weighted by Crippen LogP contribution is -2.45. The average molecular weight is 239 g/mol. The fourth-order valence-corrected chi connectivity index (χ4v) is 1.33. The Morgan fingerprint density at radius 2 is 2.12 bits per heavy atom. The summed E-state index contributed by atoms with van der Waals surface area (Å²) in [5, 5.41) is 21.5. The van der Waals surface area contributed by atoms with Crippen LogP contribution in [0.4, 0.5) is 5.82 Å². The molecule has 0 aliphatic carbocycles. The normalized spacial score (nSPS) is 11.2. The van der Waals surface area contributed by atoms with Gasteiger partial charge in [-0.25, -0.2) is 4.98 Å². The predicted molar refractivity (Wildman–Crippen MR) is 63.6 cm³/mol. The molecule has 94 valence electrons. The van der Waals surface area contributed by atoms with Crippen LogP contribution in [0, 0.1) is 0 Å². The van der Waals surface area contributed by atoms with Crippen LogP contribution in [0.25, 0.3) is 0 Å². The van der Waals surface area contributed by atoms with E-state index in [2.05, 4.69) is 10.3 Å². The van der Waals surface area contributed by atoms with E-state index in [4.69, 9.17) is 5.73 Å². The lowest BCUT2D eigenvalue weighted by Gasteiger charge is -2.30. The number of primary amides is 1. The van der Waals surface area contributed by atoms with Gasteiger partial charge in [0, 0.05) is 6.20 Å². The summed E-state index contributed by atoms with van der Waals surface area (Å²) < 4.78 is 0. The topological polar surface area (TPSA) is 108 Å². The van der Waals surface area contributed by atoms with Crippen molar-refractivity contribution >= 4 is 11.7 Å². The molecule has 0 aliphatic heterocycles. The summed E-state index contributed by atoms with van der Waals surface area (Å²) in [7, 11) is 0. The summed E-state index contributed by atoms with van der Waals surface area (Å²) in [6, 6.07) is 3.11. The van der Waals surface area contributed by atoms with Crippen LogP contribution in [-0.2, 0) is 0 Å². The minimum atomic E-state index is -0.804. The maximum Gasteiger partial charge on any atom is 0.250 e. The number of carbonyl (C=O) groups excluding carboxylic acids is 1. The van der Waals surface area contributed by atoms with Gasteiger partial charge in [0.2, 0.25) is 5.91 Å². The third kappa shape index (κ3) is 3.15. The number of hydrogen-bond acceptors (Lipinski definition) is 5. The zero-order valence-corrected chi connectivity index (χ0v) is 9.68. The molecule has 1 aromatic rings. The van der Waals surface area contributed by atoms with Gasteiger partial charge in [-0.1, -0.05) is 6.92 Å². The fourth-order valence-electron chi connectivity index (χ4n) is 1.33. The van der Waals surface area contributed by atoms with E-state index in [1.165, 1.54) is 12.3 Å². The van der Waals surface area contributed by atoms with Crippen molar-refractivity contribution in [1.82, 2.24) is 4.98 Å². The lowest BCUT2D eigenvalue weighted by atomic mass is 9.98. The minimum absolute atomic E-state index is 0.209. The second-order valence-corrected chi connectivity index (χ2v) is 3.87. The Hall–Kier alpha value is -1.66. The van der Waals surface area contributed by atoms with Crippen LogP contribution in [-0.4, -0.2) is 39.9 Å². The molecule has 5 N–H and O–H groups in total. The summed E-state index contributed by atoms with van der Waals surface area (Å²) in [5.74, 6) is -0.0740. The van der Waals surface area contributed by atoms with E-state index >= 15 is 0 Å². The first-order valence-corrected chi connectivity index (χ1v) is 5.32. The van der Waals surface area contributed by atoms with Gasteiger partial charge in [-0.15, -0.1) is 0 Å². The molecule has 1 aromatic heterocycles. The summed E-state index contributed by atoms with van der Waals surface area (Å²) in [6.07, 6.45) is 1.89. The number of aromatic nitrogens is 1. The van der Waals surface area contributed by atoms with Crippen molar-refractivity contribution in [2.75, 3.05) is 18.5 Å². The van der Waals surface area contributed by atoms with E-state index in [1.54, 1.807) is 6.07 Å². The van der Waals surface area contributed by atoms with Crippen molar-refractivity contribution < 1.29 is 15.0 Å². The fraction of sp³-hybridized carbons (Fsp3) is 0.455. The highest BCUT2D eigenvalue weighted by atomic mass is 16.3. The molecule has 1 heterocycles. The van der Waals surface area contributed by atoms with Gasteiger partial charge in [-0.2, -0.15) is 0 Å². The van der Waals surface area contributed by atoms with Crippen LogP contribution in [0.5, 0.6) is 0 Å². The second-order valence-electron chi connectivity index (χ2n) is 3.87. The molecule has 0 fully saturated rings. The van der Waals surface area contributed by atoms with Gasteiger partial charge >= 0.3 is 0 Å². The third-order valence-electron chi connectivity index (χ3n) is 2.72. The van der Waals surface area contributed by atoms with Gasteiger partial charge < -0.3 is 21.3 Å². The Morgan fingerprint density at radius 1 is 1.47 bits per heavy atom. The second kappa shape index (κ2) is 5.60. The molecule has 0 bridgehead atoms. The van der Waals surface area contributed by atoms with Crippen molar-refractivity contribution in [2.24, 2.45) is 5.73 Å². The molecule has 0 aliphatic rings. The van der Waals surface area contributed by atoms with Gasteiger partial charge in [0.1, 0.15) is 5.82 Å². The number of carbonyl (C=O) groups is 1. The molecule has 0 saturated heterocycles. The summed E-state index contributed by atoms with van der Waals surface area (Å²) >= 11 is 0. The molecule has 0 saturated carbocycles. The quantitative estimate of drug-likeness (QED) is 0.546. The molecule has 6 heteroatoms. The highest BCUT2D eigenvalue weighted by Gasteiger charge is 2.26. The molecule has 1 amide bonds. The average Bonchev–Trinajstić information content (AvgIpc) is 2.37. The number of nitrogens with two attached hydrogens (primary N) is 1. The van der Waals surface area contributed by atoms with E-state index in [-0.39, 0.29) is 13.2 Å². The highest BCUT2D eigenvalue weighted by molar-refractivity contribution is 5.92. The van der Waals surface area contributed by atoms with Crippen molar-refractivity contribution in [3.8, 4) is 0 Å². The standard InChI is InChI=1S/C11H17N3O3/c1-2-11(6-15,7-16)14-9-4-3-8(5-13-9)10(12)17/h3-5,15-16H,2,6-7H2,1H3,(H2,12,17)(H,13,14). The van der Waals surface area contributed by atoms with E-state index in [1.807, 2.05) is 6.92 Å². The van der Waals surface area contributed by atoms with Crippen molar-refractivity contribution in [3.63, 3.8) is 0 Å². The van der Waals surface area contributed by atoms with Crippen molar-refractivity contribution in [2.45, 2.75) is 18.9 Å². The highest BCUT2D eigenvalue weighted by Crippen LogP contribution is 2.16. The molecular weight excluding hydrogens is 222 g/mol. The van der Waals surface area contributed by atoms with Crippen LogP contribution in [0.2, 0.25) is 0 Å². The van der Waals surface area contributed by atoms with E-state index in [0.717, 1.165) is 0 Å². The number of aliphatic hydroxyl groups is 2. The smallest absolute Gasteiger partial charge is 0.250 e. The Morgan fingerprint density at radius 3 is 2.47 bits per heavy atom. The Bertz CT molecular complexity index is 366. The van der Waals surface area contributed by atoms with E-state index < -0.39 is 11.4 Å². The van der Waals surface area contributed by atoms with Gasteiger partial charge in [-0.05, 0) is 18.6 Å². The molecule has 0 spiro atoms. The molecule has 17 heavy (non-hydrogen) atoms. The van der Waals surface area contributed by atoms with Gasteiger partial charge in [0.25, 0.3) is 0 Å². The van der Waals surface area contributed by atoms with Crippen LogP contribution >= 0.6 is 0 Å². The molecule has 0 unspecified atom stereocenters. The summed E-state index contributed by atoms with van der Waals surface area (Å²) in [4.78, 5) is 14.8. The number of hydrogen-bond donors (Lipinski definition) is 4. The van der Waals surface area contributed by atoms with Crippen molar-refractivity contribution in [1.29, 1.82) is 0 Å². The predicted octanol–water partition coefficient (Wildman–Crippen LogP) is -0.274. The molecular formula is C11H17N3O3. The SMILES string of the molecule is CCC(CO)(CO)Nc1ccc(C(N)=O)cn1. The Balaban J connectivity index is 2.84. The lowest BCUT2D eigenvalue weighted by molar-refractivity contribution is 0.1000. The molecule has 6 nitrogen and oxygen atoms in total. The zero-order chi connectivity index (χ0) is 12.9. The monoisotopic (exact) mass is 239 g/mol. The van der Waals surface area contributed by atoms with Crippen LogP contribution in [0.3, 0.4) is 0 Å². The number of nitrogens with zero attached hydrogens (tertiary/aromatic N) is 1. The first kappa shape index (κ1) is 13.4. The first-order valence-electron chi connectivity index (χ1n) is 5.32. The third-order valence-corrected chi connectivity index (χ3v) is 2.72.